The molecule has 2 aromatic rings. The zero-order chi connectivity index (χ0) is 16.4. The van der Waals surface area contributed by atoms with Gasteiger partial charge in [0.05, 0.1) is 5.71 Å². The molecule has 0 fully saturated rings. The van der Waals surface area contributed by atoms with E-state index in [0.717, 1.165) is 18.2 Å². The third-order valence-corrected chi connectivity index (χ3v) is 3.34. The molecule has 0 aromatic heterocycles. The molecule has 2 aromatic carbocycles. The summed E-state index contributed by atoms with van der Waals surface area (Å²) in [5.41, 5.74) is -2.07. The van der Waals surface area contributed by atoms with Crippen LogP contribution in [0.3, 0.4) is 0 Å². The van der Waals surface area contributed by atoms with Gasteiger partial charge in [0.2, 0.25) is 0 Å². The molecule has 0 atom stereocenters. The fourth-order valence-corrected chi connectivity index (χ4v) is 2.12. The quantitative estimate of drug-likeness (QED) is 0.375. The largest absolute Gasteiger partial charge is 0.411 e. The molecule has 1 N–H and O–H groups in total. The van der Waals surface area contributed by atoms with Gasteiger partial charge in [-0.05, 0) is 6.92 Å². The summed E-state index contributed by atoms with van der Waals surface area (Å²) in [6, 6.07) is 10.7. The molecule has 0 unspecified atom stereocenters. The van der Waals surface area contributed by atoms with E-state index in [0.29, 0.717) is 0 Å². The Balaban J connectivity index is 2.60. The van der Waals surface area contributed by atoms with Crippen LogP contribution in [-0.4, -0.2) is 10.9 Å². The smallest absolute Gasteiger partial charge is 0.340 e. The summed E-state index contributed by atoms with van der Waals surface area (Å²) in [5, 5.41) is 11.6. The van der Waals surface area contributed by atoms with Gasteiger partial charge in [0, 0.05) is 16.7 Å². The van der Waals surface area contributed by atoms with E-state index < -0.39 is 23.0 Å². The predicted octanol–water partition coefficient (Wildman–Crippen LogP) is 4.77. The fraction of sp³-hybridized carbons (Fsp3) is 0.188. The molecule has 6 heteroatoms. The normalized spacial score (nSPS) is 13.2. The SMILES string of the molecule is C/C(=N/O)c1ccccc1C(F)(F)C(F)(F)c1ccccc1. The second kappa shape index (κ2) is 5.79. The van der Waals surface area contributed by atoms with Crippen molar-refractivity contribution in [3.8, 4) is 0 Å². The molecule has 2 nitrogen and oxygen atoms in total. The molecule has 0 amide bonds. The number of alkyl halides is 4. The number of halogens is 4. The van der Waals surface area contributed by atoms with E-state index in [1.807, 2.05) is 0 Å². The van der Waals surface area contributed by atoms with Crippen molar-refractivity contribution in [2.75, 3.05) is 0 Å². The molecular weight excluding hydrogens is 298 g/mol. The fourth-order valence-electron chi connectivity index (χ4n) is 2.12. The summed E-state index contributed by atoms with van der Waals surface area (Å²) in [6.07, 6.45) is 0. The van der Waals surface area contributed by atoms with E-state index in [-0.39, 0.29) is 11.3 Å². The van der Waals surface area contributed by atoms with Crippen molar-refractivity contribution in [1.82, 2.24) is 0 Å². The maximum Gasteiger partial charge on any atom is 0.340 e. The highest BCUT2D eigenvalue weighted by Crippen LogP contribution is 2.50. The zero-order valence-corrected chi connectivity index (χ0v) is 11.6. The highest BCUT2D eigenvalue weighted by Gasteiger charge is 2.59. The van der Waals surface area contributed by atoms with E-state index in [4.69, 9.17) is 5.21 Å². The first-order valence-electron chi connectivity index (χ1n) is 6.42. The molecule has 0 radical (unpaired) electrons. The Morgan fingerprint density at radius 3 is 2.00 bits per heavy atom. The summed E-state index contributed by atoms with van der Waals surface area (Å²) >= 11 is 0. The zero-order valence-electron chi connectivity index (χ0n) is 11.6. The molecule has 0 saturated heterocycles. The van der Waals surface area contributed by atoms with Gasteiger partial charge in [0.1, 0.15) is 0 Å². The lowest BCUT2D eigenvalue weighted by Gasteiger charge is -2.28. The topological polar surface area (TPSA) is 32.6 Å². The average molecular weight is 311 g/mol. The van der Waals surface area contributed by atoms with Crippen LogP contribution in [0.25, 0.3) is 0 Å². The lowest BCUT2D eigenvalue weighted by molar-refractivity contribution is -0.223. The van der Waals surface area contributed by atoms with Gasteiger partial charge in [0.15, 0.2) is 0 Å². The molecule has 116 valence electrons. The van der Waals surface area contributed by atoms with Gasteiger partial charge < -0.3 is 5.21 Å². The van der Waals surface area contributed by atoms with Gasteiger partial charge in [-0.25, -0.2) is 0 Å². The van der Waals surface area contributed by atoms with Crippen LogP contribution in [0.4, 0.5) is 17.6 Å². The van der Waals surface area contributed by atoms with Gasteiger partial charge in [-0.15, -0.1) is 0 Å². The molecular formula is C16H13F4NO. The number of oxime groups is 1. The molecule has 2 rings (SSSR count). The van der Waals surface area contributed by atoms with E-state index >= 15 is 0 Å². The highest BCUT2D eigenvalue weighted by molar-refractivity contribution is 5.99. The van der Waals surface area contributed by atoms with Crippen LogP contribution < -0.4 is 0 Å². The maximum absolute atomic E-state index is 14.5. The van der Waals surface area contributed by atoms with Crippen molar-refractivity contribution in [2.24, 2.45) is 5.16 Å². The van der Waals surface area contributed by atoms with Crippen molar-refractivity contribution in [3.63, 3.8) is 0 Å². The first-order valence-corrected chi connectivity index (χ1v) is 6.42. The monoisotopic (exact) mass is 311 g/mol. The second-order valence-corrected chi connectivity index (χ2v) is 4.75. The van der Waals surface area contributed by atoms with Gasteiger partial charge >= 0.3 is 11.8 Å². The molecule has 0 aliphatic heterocycles. The third kappa shape index (κ3) is 2.56. The highest BCUT2D eigenvalue weighted by atomic mass is 19.3. The van der Waals surface area contributed by atoms with Crippen molar-refractivity contribution in [3.05, 3.63) is 71.3 Å². The Morgan fingerprint density at radius 2 is 1.41 bits per heavy atom. The average Bonchev–Trinajstić information content (AvgIpc) is 2.54. The van der Waals surface area contributed by atoms with Crippen molar-refractivity contribution < 1.29 is 22.8 Å². The van der Waals surface area contributed by atoms with Crippen molar-refractivity contribution >= 4 is 5.71 Å². The number of benzene rings is 2. The number of rotatable bonds is 4. The Labute approximate surface area is 124 Å². The van der Waals surface area contributed by atoms with Crippen LogP contribution in [-0.2, 0) is 11.8 Å². The first kappa shape index (κ1) is 16.0. The van der Waals surface area contributed by atoms with Crippen molar-refractivity contribution in [2.45, 2.75) is 18.8 Å². The Hall–Kier alpha value is -2.37. The van der Waals surface area contributed by atoms with Gasteiger partial charge in [-0.3, -0.25) is 0 Å². The molecule has 0 bridgehead atoms. The van der Waals surface area contributed by atoms with Gasteiger partial charge in [0.25, 0.3) is 0 Å². The van der Waals surface area contributed by atoms with Crippen LogP contribution in [0.5, 0.6) is 0 Å². The van der Waals surface area contributed by atoms with E-state index in [2.05, 4.69) is 5.16 Å². The Bertz CT molecular complexity index is 684. The number of hydrogen-bond acceptors (Lipinski definition) is 2. The lowest BCUT2D eigenvalue weighted by atomic mass is 9.91. The van der Waals surface area contributed by atoms with Crippen LogP contribution in [0.15, 0.2) is 59.8 Å². The number of nitrogens with zero attached hydrogens (tertiary/aromatic N) is 1. The van der Waals surface area contributed by atoms with E-state index in [1.165, 1.54) is 43.3 Å². The third-order valence-electron chi connectivity index (χ3n) is 3.34. The van der Waals surface area contributed by atoms with Crippen LogP contribution >= 0.6 is 0 Å². The van der Waals surface area contributed by atoms with Crippen LogP contribution in [0.1, 0.15) is 23.6 Å². The van der Waals surface area contributed by atoms with E-state index in [1.54, 1.807) is 0 Å². The molecule has 0 aliphatic carbocycles. The summed E-state index contributed by atoms with van der Waals surface area (Å²) < 4.78 is 57.6. The second-order valence-electron chi connectivity index (χ2n) is 4.75. The summed E-state index contributed by atoms with van der Waals surface area (Å²) in [7, 11) is 0. The predicted molar refractivity (Wildman–Crippen MR) is 74.7 cm³/mol. The minimum absolute atomic E-state index is 0.167. The van der Waals surface area contributed by atoms with Gasteiger partial charge in [-0.2, -0.15) is 17.6 Å². The minimum atomic E-state index is -4.46. The van der Waals surface area contributed by atoms with Crippen LogP contribution in [0, 0.1) is 0 Å². The Morgan fingerprint density at radius 1 is 0.864 bits per heavy atom. The van der Waals surface area contributed by atoms with Crippen molar-refractivity contribution in [1.29, 1.82) is 0 Å². The Kier molecular flexibility index (Phi) is 4.21. The molecule has 0 spiro atoms. The molecule has 0 heterocycles. The minimum Gasteiger partial charge on any atom is -0.411 e. The summed E-state index contributed by atoms with van der Waals surface area (Å²) in [4.78, 5) is 0. The van der Waals surface area contributed by atoms with Gasteiger partial charge in [-0.1, -0.05) is 59.8 Å². The van der Waals surface area contributed by atoms with E-state index in [9.17, 15) is 17.6 Å². The molecule has 22 heavy (non-hydrogen) atoms. The number of hydrogen-bond donors (Lipinski definition) is 1. The summed E-state index contributed by atoms with van der Waals surface area (Å²) in [6.45, 7) is 1.26. The lowest BCUT2D eigenvalue weighted by Crippen LogP contribution is -2.36. The van der Waals surface area contributed by atoms with Crippen LogP contribution in [0.2, 0.25) is 0 Å². The molecule has 0 aliphatic rings. The summed E-state index contributed by atoms with van der Waals surface area (Å²) in [5.74, 6) is -8.86. The standard InChI is InChI=1S/C16H13F4NO/c1-11(21-22)13-9-5-6-10-14(13)16(19,20)15(17,18)12-7-3-2-4-8-12/h2-10,22H,1H3/b21-11-. The molecule has 0 saturated carbocycles. The maximum atomic E-state index is 14.5. The first-order chi connectivity index (χ1) is 10.3.